The molecule has 0 fully saturated rings. The molecule has 0 aliphatic carbocycles. The van der Waals surface area contributed by atoms with Crippen LogP contribution >= 0.6 is 11.6 Å². The molecular formula is C13H18ClNO2. The summed E-state index contributed by atoms with van der Waals surface area (Å²) in [5.41, 5.74) is 2.73. The van der Waals surface area contributed by atoms with Crippen LogP contribution in [0.3, 0.4) is 0 Å². The highest BCUT2D eigenvalue weighted by Gasteiger charge is 2.15. The summed E-state index contributed by atoms with van der Waals surface area (Å²) in [4.78, 5) is 2.36. The van der Waals surface area contributed by atoms with Crippen LogP contribution in [-0.2, 0) is 17.7 Å². The van der Waals surface area contributed by atoms with Crippen molar-refractivity contribution in [1.82, 2.24) is 4.90 Å². The van der Waals surface area contributed by atoms with Gasteiger partial charge in [-0.2, -0.15) is 0 Å². The smallest absolute Gasteiger partial charge is 0.0698 e. The number of nitrogens with zero attached hydrogens (tertiary/aromatic N) is 1. The highest BCUT2D eigenvalue weighted by atomic mass is 35.5. The molecule has 0 amide bonds. The second kappa shape index (κ2) is 6.36. The summed E-state index contributed by atoms with van der Waals surface area (Å²) in [5, 5.41) is 9.42. The monoisotopic (exact) mass is 255 g/mol. The first-order chi connectivity index (χ1) is 8.29. The number of ether oxygens (including phenoxy) is 1. The Labute approximate surface area is 107 Å². The van der Waals surface area contributed by atoms with Crippen LogP contribution in [0, 0.1) is 0 Å². The molecule has 0 radical (unpaired) electrons. The lowest BCUT2D eigenvalue weighted by Gasteiger charge is -2.28. The largest absolute Gasteiger partial charge is 0.394 e. The van der Waals surface area contributed by atoms with Gasteiger partial charge in [0.25, 0.3) is 0 Å². The molecule has 1 aliphatic rings. The van der Waals surface area contributed by atoms with Crippen LogP contribution < -0.4 is 0 Å². The Morgan fingerprint density at radius 1 is 1.29 bits per heavy atom. The Bertz CT molecular complexity index is 370. The summed E-state index contributed by atoms with van der Waals surface area (Å²) in [6, 6.07) is 6.13. The molecule has 2 rings (SSSR count). The minimum Gasteiger partial charge on any atom is -0.394 e. The second-order valence-electron chi connectivity index (χ2n) is 4.28. The molecule has 0 unspecified atom stereocenters. The fraction of sp³-hybridized carbons (Fsp3) is 0.538. The van der Waals surface area contributed by atoms with Gasteiger partial charge in [0.05, 0.1) is 19.8 Å². The molecule has 1 N–H and O–H groups in total. The standard InChI is InChI=1S/C13H18ClNO2/c14-13-2-1-11-3-4-15(10-12(11)9-13)5-7-17-8-6-16/h1-2,9,16H,3-8,10H2. The molecule has 0 saturated carbocycles. The summed E-state index contributed by atoms with van der Waals surface area (Å²) < 4.78 is 5.28. The zero-order valence-electron chi connectivity index (χ0n) is 9.86. The number of aliphatic hydroxyl groups excluding tert-OH is 1. The molecule has 17 heavy (non-hydrogen) atoms. The van der Waals surface area contributed by atoms with E-state index >= 15 is 0 Å². The van der Waals surface area contributed by atoms with Crippen LogP contribution in [0.1, 0.15) is 11.1 Å². The zero-order valence-corrected chi connectivity index (χ0v) is 10.6. The van der Waals surface area contributed by atoms with Crippen molar-refractivity contribution in [2.24, 2.45) is 0 Å². The molecule has 94 valence electrons. The van der Waals surface area contributed by atoms with Crippen molar-refractivity contribution in [3.05, 3.63) is 34.3 Å². The fourth-order valence-corrected chi connectivity index (χ4v) is 2.33. The number of rotatable bonds is 5. The van der Waals surface area contributed by atoms with Gasteiger partial charge >= 0.3 is 0 Å². The van der Waals surface area contributed by atoms with Crippen molar-refractivity contribution in [2.75, 3.05) is 32.9 Å². The van der Waals surface area contributed by atoms with E-state index in [1.165, 1.54) is 11.1 Å². The molecule has 4 heteroatoms. The zero-order chi connectivity index (χ0) is 12.1. The van der Waals surface area contributed by atoms with E-state index in [1.54, 1.807) is 0 Å². The highest BCUT2D eigenvalue weighted by Crippen LogP contribution is 2.22. The quantitative estimate of drug-likeness (QED) is 0.813. The Hall–Kier alpha value is -0.610. The van der Waals surface area contributed by atoms with Crippen LogP contribution in [0.15, 0.2) is 18.2 Å². The van der Waals surface area contributed by atoms with Gasteiger partial charge in [-0.25, -0.2) is 0 Å². The first-order valence-electron chi connectivity index (χ1n) is 5.98. The van der Waals surface area contributed by atoms with Gasteiger partial charge < -0.3 is 9.84 Å². The molecule has 0 saturated heterocycles. The predicted octanol–water partition coefficient (Wildman–Crippen LogP) is 1.71. The molecule has 0 atom stereocenters. The van der Waals surface area contributed by atoms with Gasteiger partial charge in [0.2, 0.25) is 0 Å². The summed E-state index contributed by atoms with van der Waals surface area (Å²) in [7, 11) is 0. The van der Waals surface area contributed by atoms with Gasteiger partial charge in [-0.1, -0.05) is 17.7 Å². The highest BCUT2D eigenvalue weighted by molar-refractivity contribution is 6.30. The minimum absolute atomic E-state index is 0.0957. The molecule has 1 heterocycles. The molecular weight excluding hydrogens is 238 g/mol. The molecule has 3 nitrogen and oxygen atoms in total. The Balaban J connectivity index is 1.85. The summed E-state index contributed by atoms with van der Waals surface area (Å²) >= 11 is 6.00. The number of aliphatic hydroxyl groups is 1. The van der Waals surface area contributed by atoms with E-state index in [0.717, 1.165) is 31.1 Å². The molecule has 0 spiro atoms. The lowest BCUT2D eigenvalue weighted by molar-refractivity contribution is 0.0709. The van der Waals surface area contributed by atoms with Crippen LogP contribution in [0.2, 0.25) is 5.02 Å². The molecule has 1 aliphatic heterocycles. The number of fused-ring (bicyclic) bond motifs is 1. The van der Waals surface area contributed by atoms with E-state index in [4.69, 9.17) is 21.4 Å². The first-order valence-corrected chi connectivity index (χ1v) is 6.35. The normalized spacial score (nSPS) is 15.9. The lowest BCUT2D eigenvalue weighted by Crippen LogP contribution is -2.33. The van der Waals surface area contributed by atoms with Gasteiger partial charge in [-0.15, -0.1) is 0 Å². The lowest BCUT2D eigenvalue weighted by atomic mass is 10.00. The number of hydrogen-bond donors (Lipinski definition) is 1. The molecule has 0 aromatic heterocycles. The average Bonchev–Trinajstić information content (AvgIpc) is 2.34. The maximum atomic E-state index is 8.61. The van der Waals surface area contributed by atoms with Crippen molar-refractivity contribution in [3.63, 3.8) is 0 Å². The van der Waals surface area contributed by atoms with E-state index in [-0.39, 0.29) is 6.61 Å². The third-order valence-electron chi connectivity index (χ3n) is 3.05. The van der Waals surface area contributed by atoms with Crippen molar-refractivity contribution in [3.8, 4) is 0 Å². The van der Waals surface area contributed by atoms with E-state index in [2.05, 4.69) is 17.0 Å². The fourth-order valence-electron chi connectivity index (χ4n) is 2.14. The topological polar surface area (TPSA) is 32.7 Å². The van der Waals surface area contributed by atoms with E-state index in [9.17, 15) is 0 Å². The van der Waals surface area contributed by atoms with Gasteiger partial charge in [0.1, 0.15) is 0 Å². The third kappa shape index (κ3) is 3.68. The van der Waals surface area contributed by atoms with Crippen molar-refractivity contribution in [2.45, 2.75) is 13.0 Å². The van der Waals surface area contributed by atoms with Crippen molar-refractivity contribution >= 4 is 11.6 Å². The van der Waals surface area contributed by atoms with Gasteiger partial charge in [0.15, 0.2) is 0 Å². The second-order valence-corrected chi connectivity index (χ2v) is 4.71. The summed E-state index contributed by atoms with van der Waals surface area (Å²) in [5.74, 6) is 0. The van der Waals surface area contributed by atoms with Gasteiger partial charge in [0, 0.05) is 24.7 Å². The Kier molecular flexibility index (Phi) is 4.80. The summed E-state index contributed by atoms with van der Waals surface area (Å²) in [6.45, 7) is 4.12. The minimum atomic E-state index is 0.0957. The average molecular weight is 256 g/mol. The van der Waals surface area contributed by atoms with E-state index < -0.39 is 0 Å². The molecule has 1 aromatic carbocycles. The number of benzene rings is 1. The molecule has 1 aromatic rings. The third-order valence-corrected chi connectivity index (χ3v) is 3.28. The van der Waals surface area contributed by atoms with Gasteiger partial charge in [-0.05, 0) is 29.7 Å². The Morgan fingerprint density at radius 3 is 3.00 bits per heavy atom. The number of halogens is 1. The van der Waals surface area contributed by atoms with Crippen LogP contribution in [0.25, 0.3) is 0 Å². The van der Waals surface area contributed by atoms with Crippen LogP contribution in [0.4, 0.5) is 0 Å². The molecule has 0 bridgehead atoms. The maximum absolute atomic E-state index is 8.61. The Morgan fingerprint density at radius 2 is 2.18 bits per heavy atom. The number of hydrogen-bond acceptors (Lipinski definition) is 3. The predicted molar refractivity (Wildman–Crippen MR) is 68.3 cm³/mol. The van der Waals surface area contributed by atoms with Crippen molar-refractivity contribution in [1.29, 1.82) is 0 Å². The summed E-state index contributed by atoms with van der Waals surface area (Å²) in [6.07, 6.45) is 1.08. The SMILES string of the molecule is OCCOCCN1CCc2ccc(Cl)cc2C1. The van der Waals surface area contributed by atoms with Gasteiger partial charge in [-0.3, -0.25) is 4.90 Å². The first kappa shape index (κ1) is 12.8. The van der Waals surface area contributed by atoms with E-state index in [0.29, 0.717) is 13.2 Å². The van der Waals surface area contributed by atoms with Crippen molar-refractivity contribution < 1.29 is 9.84 Å². The van der Waals surface area contributed by atoms with E-state index in [1.807, 2.05) is 6.07 Å². The maximum Gasteiger partial charge on any atom is 0.0698 e. The van der Waals surface area contributed by atoms with Crippen LogP contribution in [0.5, 0.6) is 0 Å². The van der Waals surface area contributed by atoms with Crippen LogP contribution in [-0.4, -0.2) is 42.9 Å².